The number of carboxylic acids is 3. The number of hydrogen-bond donors (Lipinski definition) is 5. The van der Waals surface area contributed by atoms with Gasteiger partial charge in [0.25, 0.3) is 0 Å². The highest BCUT2D eigenvalue weighted by atomic mass is 16.6. The number of nitrogens with one attached hydrogen (secondary N) is 1. The highest BCUT2D eigenvalue weighted by molar-refractivity contribution is 5.82. The van der Waals surface area contributed by atoms with E-state index >= 15 is 0 Å². The van der Waals surface area contributed by atoms with Crippen LogP contribution in [0.5, 0.6) is 0 Å². The standard InChI is InChI=1S/C12H20N2O8/c13-6-2-1-3-8(11(19)20)22-12(21)14-7(10(17)18)4-5-9(15)16/h7-8H,1-6,13H2,(H,14,21)(H,15,16)(H,17,18)(H,19,20)/t7-,8-/m0/s1. The smallest absolute Gasteiger partial charge is 0.408 e. The molecule has 6 N–H and O–H groups in total. The maximum absolute atomic E-state index is 11.5. The first-order chi connectivity index (χ1) is 10.3. The maximum Gasteiger partial charge on any atom is 0.408 e. The number of carbonyl (C=O) groups is 4. The second-order valence-corrected chi connectivity index (χ2v) is 4.48. The summed E-state index contributed by atoms with van der Waals surface area (Å²) >= 11 is 0. The van der Waals surface area contributed by atoms with Crippen molar-refractivity contribution in [2.24, 2.45) is 5.73 Å². The predicted molar refractivity (Wildman–Crippen MR) is 72.2 cm³/mol. The average Bonchev–Trinajstić information content (AvgIpc) is 2.41. The molecule has 2 atom stereocenters. The summed E-state index contributed by atoms with van der Waals surface area (Å²) in [4.78, 5) is 43.7. The molecule has 22 heavy (non-hydrogen) atoms. The minimum absolute atomic E-state index is 0.0484. The second-order valence-electron chi connectivity index (χ2n) is 4.48. The molecular weight excluding hydrogens is 300 g/mol. The van der Waals surface area contributed by atoms with E-state index in [-0.39, 0.29) is 12.8 Å². The molecule has 0 spiro atoms. The molecule has 0 aromatic carbocycles. The zero-order valence-corrected chi connectivity index (χ0v) is 11.9. The predicted octanol–water partition coefficient (Wildman–Crippen LogP) is -0.387. The molecule has 126 valence electrons. The van der Waals surface area contributed by atoms with Crippen molar-refractivity contribution in [2.45, 2.75) is 44.2 Å². The molecule has 0 aliphatic rings. The van der Waals surface area contributed by atoms with Gasteiger partial charge >= 0.3 is 24.0 Å². The van der Waals surface area contributed by atoms with E-state index in [1.54, 1.807) is 0 Å². The molecule has 0 aromatic heterocycles. The van der Waals surface area contributed by atoms with E-state index in [1.807, 2.05) is 5.32 Å². The van der Waals surface area contributed by atoms with Gasteiger partial charge in [0.2, 0.25) is 6.10 Å². The van der Waals surface area contributed by atoms with Crippen LogP contribution >= 0.6 is 0 Å². The van der Waals surface area contributed by atoms with Gasteiger partial charge < -0.3 is 31.1 Å². The average molecular weight is 320 g/mol. The van der Waals surface area contributed by atoms with Crippen molar-refractivity contribution in [2.75, 3.05) is 6.54 Å². The van der Waals surface area contributed by atoms with Crippen LogP contribution in [0.25, 0.3) is 0 Å². The van der Waals surface area contributed by atoms with Crippen molar-refractivity contribution >= 4 is 24.0 Å². The summed E-state index contributed by atoms with van der Waals surface area (Å²) in [6, 6.07) is -1.47. The van der Waals surface area contributed by atoms with E-state index in [9.17, 15) is 19.2 Å². The van der Waals surface area contributed by atoms with Gasteiger partial charge in [-0.05, 0) is 32.2 Å². The van der Waals surface area contributed by atoms with Gasteiger partial charge in [-0.3, -0.25) is 4.79 Å². The third-order valence-electron chi connectivity index (χ3n) is 2.68. The summed E-state index contributed by atoms with van der Waals surface area (Å²) < 4.78 is 4.64. The first kappa shape index (κ1) is 19.6. The van der Waals surface area contributed by atoms with Gasteiger partial charge in [0, 0.05) is 6.42 Å². The van der Waals surface area contributed by atoms with Gasteiger partial charge in [-0.2, -0.15) is 0 Å². The van der Waals surface area contributed by atoms with Crippen molar-refractivity contribution in [3.63, 3.8) is 0 Å². The van der Waals surface area contributed by atoms with Crippen LogP contribution in [0.4, 0.5) is 4.79 Å². The molecule has 0 rings (SSSR count). The number of carboxylic acid groups (broad SMARTS) is 3. The summed E-state index contributed by atoms with van der Waals surface area (Å²) in [5.41, 5.74) is 5.27. The second kappa shape index (κ2) is 10.4. The number of hydrogen-bond acceptors (Lipinski definition) is 6. The van der Waals surface area contributed by atoms with Crippen molar-refractivity contribution in [1.82, 2.24) is 5.32 Å². The molecule has 0 unspecified atom stereocenters. The lowest BCUT2D eigenvalue weighted by atomic mass is 10.1. The van der Waals surface area contributed by atoms with Crippen LogP contribution in [0, 0.1) is 0 Å². The molecule has 1 amide bonds. The maximum atomic E-state index is 11.5. The molecule has 0 fully saturated rings. The van der Waals surface area contributed by atoms with E-state index in [0.717, 1.165) is 0 Å². The zero-order valence-electron chi connectivity index (χ0n) is 11.9. The third kappa shape index (κ3) is 8.74. The van der Waals surface area contributed by atoms with Gasteiger partial charge in [-0.15, -0.1) is 0 Å². The minimum atomic E-state index is -1.47. The Labute approximate surface area is 126 Å². The van der Waals surface area contributed by atoms with E-state index in [4.69, 9.17) is 21.1 Å². The first-order valence-corrected chi connectivity index (χ1v) is 6.62. The third-order valence-corrected chi connectivity index (χ3v) is 2.68. The monoisotopic (exact) mass is 320 g/mol. The topological polar surface area (TPSA) is 176 Å². The van der Waals surface area contributed by atoms with Crippen molar-refractivity contribution < 1.29 is 39.2 Å². The van der Waals surface area contributed by atoms with Crippen LogP contribution in [0.3, 0.4) is 0 Å². The highest BCUT2D eigenvalue weighted by Gasteiger charge is 2.26. The van der Waals surface area contributed by atoms with E-state index in [2.05, 4.69) is 4.74 Å². The normalized spacial score (nSPS) is 13.0. The Morgan fingerprint density at radius 1 is 1.00 bits per heavy atom. The zero-order chi connectivity index (χ0) is 17.1. The Morgan fingerprint density at radius 3 is 2.09 bits per heavy atom. The summed E-state index contributed by atoms with van der Waals surface area (Å²) in [5.74, 6) is -4.01. The van der Waals surface area contributed by atoms with E-state index in [0.29, 0.717) is 19.4 Å². The minimum Gasteiger partial charge on any atom is -0.481 e. The fourth-order valence-corrected chi connectivity index (χ4v) is 1.54. The lowest BCUT2D eigenvalue weighted by Gasteiger charge is -2.17. The molecule has 0 aliphatic carbocycles. The number of carbonyl (C=O) groups excluding carboxylic acids is 1. The Kier molecular flexibility index (Phi) is 9.27. The largest absolute Gasteiger partial charge is 0.481 e. The molecule has 0 radical (unpaired) electrons. The van der Waals surface area contributed by atoms with Gasteiger partial charge in [0.15, 0.2) is 0 Å². The summed E-state index contributed by atoms with van der Waals surface area (Å²) in [6.07, 6.45) is -2.40. The van der Waals surface area contributed by atoms with Gasteiger partial charge in [0.05, 0.1) is 0 Å². The summed E-state index contributed by atoms with van der Waals surface area (Å²) in [5, 5.41) is 28.2. The molecule has 10 heteroatoms. The van der Waals surface area contributed by atoms with Crippen LogP contribution in [-0.2, 0) is 19.1 Å². The van der Waals surface area contributed by atoms with E-state index < -0.39 is 42.6 Å². The SMILES string of the molecule is NCCCC[C@H](OC(=O)N[C@@H](CCC(=O)O)C(=O)O)C(=O)O. The van der Waals surface area contributed by atoms with E-state index in [1.165, 1.54) is 0 Å². The first-order valence-electron chi connectivity index (χ1n) is 6.62. The lowest BCUT2D eigenvalue weighted by Crippen LogP contribution is -2.43. The Hall–Kier alpha value is -2.36. The molecule has 0 bridgehead atoms. The Balaban J connectivity index is 4.47. The highest BCUT2D eigenvalue weighted by Crippen LogP contribution is 2.06. The molecule has 0 aliphatic heterocycles. The van der Waals surface area contributed by atoms with Gasteiger partial charge in [-0.25, -0.2) is 14.4 Å². The lowest BCUT2D eigenvalue weighted by molar-refractivity contribution is -0.147. The number of amides is 1. The number of aliphatic carboxylic acids is 3. The fraction of sp³-hybridized carbons (Fsp3) is 0.667. The molecule has 0 saturated carbocycles. The van der Waals surface area contributed by atoms with Crippen LogP contribution in [-0.4, -0.2) is 58.0 Å². The van der Waals surface area contributed by atoms with Crippen molar-refractivity contribution in [1.29, 1.82) is 0 Å². The number of unbranched alkanes of at least 4 members (excludes halogenated alkanes) is 1. The number of alkyl carbamates (subject to hydrolysis) is 1. The van der Waals surface area contributed by atoms with Crippen LogP contribution < -0.4 is 11.1 Å². The quantitative estimate of drug-likeness (QED) is 0.317. The van der Waals surface area contributed by atoms with Crippen molar-refractivity contribution in [3.05, 3.63) is 0 Å². The number of ether oxygens (including phenoxy) is 1. The van der Waals surface area contributed by atoms with Crippen molar-refractivity contribution in [3.8, 4) is 0 Å². The molecule has 0 saturated heterocycles. The van der Waals surface area contributed by atoms with Gasteiger partial charge in [0.1, 0.15) is 6.04 Å². The molecule has 0 heterocycles. The molecule has 10 nitrogen and oxygen atoms in total. The summed E-state index contributed by atoms with van der Waals surface area (Å²) in [6.45, 7) is 0.370. The Bertz CT molecular complexity index is 412. The fourth-order valence-electron chi connectivity index (χ4n) is 1.54. The number of nitrogens with two attached hydrogens (primary N) is 1. The molecular formula is C12H20N2O8. The van der Waals surface area contributed by atoms with Crippen LogP contribution in [0.2, 0.25) is 0 Å². The summed E-state index contributed by atoms with van der Waals surface area (Å²) in [7, 11) is 0. The van der Waals surface area contributed by atoms with Gasteiger partial charge in [-0.1, -0.05) is 0 Å². The van der Waals surface area contributed by atoms with Crippen LogP contribution in [0.1, 0.15) is 32.1 Å². The Morgan fingerprint density at radius 2 is 1.64 bits per heavy atom. The van der Waals surface area contributed by atoms with Crippen LogP contribution in [0.15, 0.2) is 0 Å². The molecule has 0 aromatic rings. The number of rotatable bonds is 11.